The number of ether oxygens (including phenoxy) is 2. The monoisotopic (exact) mass is 410 g/mol. The summed E-state index contributed by atoms with van der Waals surface area (Å²) in [6, 6.07) is 9.32. The maximum atomic E-state index is 13.7. The molecule has 0 aliphatic heterocycles. The van der Waals surface area contributed by atoms with Crippen molar-refractivity contribution in [3.05, 3.63) is 53.8 Å². The second-order valence-electron chi connectivity index (χ2n) is 6.39. The maximum Gasteiger partial charge on any atom is 0.266 e. The Kier molecular flexibility index (Phi) is 7.36. The Morgan fingerprint density at radius 3 is 2.50 bits per heavy atom. The van der Waals surface area contributed by atoms with Gasteiger partial charge in [0.25, 0.3) is 15.9 Å². The second kappa shape index (κ2) is 9.52. The lowest BCUT2D eigenvalue weighted by Crippen LogP contribution is -2.41. The van der Waals surface area contributed by atoms with E-state index in [4.69, 9.17) is 9.47 Å². The Labute approximate surface area is 163 Å². The van der Waals surface area contributed by atoms with Crippen LogP contribution in [0, 0.1) is 11.7 Å². The lowest BCUT2D eigenvalue weighted by Gasteiger charge is -2.13. The molecule has 2 rings (SSSR count). The third-order valence-electron chi connectivity index (χ3n) is 3.80. The van der Waals surface area contributed by atoms with Crippen molar-refractivity contribution >= 4 is 15.9 Å². The van der Waals surface area contributed by atoms with Gasteiger partial charge in [0.1, 0.15) is 10.7 Å². The Hall–Kier alpha value is -2.65. The first kappa shape index (κ1) is 21.6. The number of halogens is 1. The van der Waals surface area contributed by atoms with Crippen molar-refractivity contribution < 1.29 is 27.1 Å². The minimum atomic E-state index is -4.25. The van der Waals surface area contributed by atoms with Crippen LogP contribution in [-0.2, 0) is 10.0 Å². The summed E-state index contributed by atoms with van der Waals surface area (Å²) in [4.78, 5) is 13.6. The molecular formula is C19H23FN2O5S. The maximum absolute atomic E-state index is 13.7. The number of amides is 1. The van der Waals surface area contributed by atoms with Crippen LogP contribution in [0.2, 0.25) is 0 Å². The molecule has 0 saturated heterocycles. The van der Waals surface area contributed by atoms with Crippen LogP contribution in [-0.4, -0.2) is 28.0 Å². The zero-order valence-electron chi connectivity index (χ0n) is 15.9. The summed E-state index contributed by atoms with van der Waals surface area (Å²) in [7, 11) is -2.81. The van der Waals surface area contributed by atoms with Crippen molar-refractivity contribution in [2.75, 3.05) is 13.7 Å². The van der Waals surface area contributed by atoms with Gasteiger partial charge in [0.05, 0.1) is 13.7 Å². The van der Waals surface area contributed by atoms with E-state index in [0.29, 0.717) is 24.0 Å². The number of carbonyl (C=O) groups is 1. The Morgan fingerprint density at radius 1 is 1.14 bits per heavy atom. The van der Waals surface area contributed by atoms with Gasteiger partial charge in [-0.15, -0.1) is 4.83 Å². The SMILES string of the molecule is COc1cc(C(=O)NNS(=O)(=O)c2ccccc2F)ccc1OCCC(C)C. The quantitative estimate of drug-likeness (QED) is 0.620. The van der Waals surface area contributed by atoms with Gasteiger partial charge >= 0.3 is 0 Å². The minimum absolute atomic E-state index is 0.143. The van der Waals surface area contributed by atoms with Crippen LogP contribution in [0.5, 0.6) is 11.5 Å². The summed E-state index contributed by atoms with van der Waals surface area (Å²) >= 11 is 0. The highest BCUT2D eigenvalue weighted by Crippen LogP contribution is 2.28. The number of hydrogen-bond acceptors (Lipinski definition) is 5. The first-order valence-corrected chi connectivity index (χ1v) is 10.1. The highest BCUT2D eigenvalue weighted by atomic mass is 32.2. The van der Waals surface area contributed by atoms with Gasteiger partial charge < -0.3 is 9.47 Å². The van der Waals surface area contributed by atoms with E-state index in [2.05, 4.69) is 19.3 Å². The van der Waals surface area contributed by atoms with E-state index in [-0.39, 0.29) is 5.56 Å². The van der Waals surface area contributed by atoms with E-state index in [1.807, 2.05) is 4.83 Å². The fourth-order valence-corrected chi connectivity index (χ4v) is 3.16. The fourth-order valence-electron chi connectivity index (χ4n) is 2.24. The zero-order chi connectivity index (χ0) is 20.7. The van der Waals surface area contributed by atoms with Crippen LogP contribution in [0.25, 0.3) is 0 Å². The van der Waals surface area contributed by atoms with Gasteiger partial charge in [-0.25, -0.2) is 12.8 Å². The molecule has 0 heterocycles. The van der Waals surface area contributed by atoms with E-state index in [0.717, 1.165) is 18.6 Å². The smallest absolute Gasteiger partial charge is 0.266 e. The normalized spacial score (nSPS) is 11.3. The second-order valence-corrected chi connectivity index (χ2v) is 8.04. The summed E-state index contributed by atoms with van der Waals surface area (Å²) in [5, 5.41) is 0. The molecule has 2 aromatic carbocycles. The van der Waals surface area contributed by atoms with Crippen LogP contribution in [0.4, 0.5) is 4.39 Å². The van der Waals surface area contributed by atoms with Crippen LogP contribution in [0.15, 0.2) is 47.4 Å². The van der Waals surface area contributed by atoms with Crippen molar-refractivity contribution in [1.82, 2.24) is 10.3 Å². The number of hydrogen-bond donors (Lipinski definition) is 2. The summed E-state index contributed by atoms with van der Waals surface area (Å²) in [5.41, 5.74) is 2.20. The molecular weight excluding hydrogens is 387 g/mol. The summed E-state index contributed by atoms with van der Waals surface area (Å²) in [6.45, 7) is 4.66. The van der Waals surface area contributed by atoms with Gasteiger partial charge in [-0.05, 0) is 42.7 Å². The third kappa shape index (κ3) is 5.67. The van der Waals surface area contributed by atoms with Crippen LogP contribution < -0.4 is 19.7 Å². The van der Waals surface area contributed by atoms with Gasteiger partial charge in [0.2, 0.25) is 0 Å². The molecule has 28 heavy (non-hydrogen) atoms. The molecule has 1 amide bonds. The Morgan fingerprint density at radius 2 is 1.86 bits per heavy atom. The van der Waals surface area contributed by atoms with Crippen molar-refractivity contribution in [2.45, 2.75) is 25.2 Å². The largest absolute Gasteiger partial charge is 0.493 e. The van der Waals surface area contributed by atoms with E-state index in [9.17, 15) is 17.6 Å². The number of sulfonamides is 1. The molecule has 152 valence electrons. The number of hydrazine groups is 1. The van der Waals surface area contributed by atoms with E-state index >= 15 is 0 Å². The zero-order valence-corrected chi connectivity index (χ0v) is 16.7. The van der Waals surface area contributed by atoms with Crippen molar-refractivity contribution in [3.8, 4) is 11.5 Å². The molecule has 0 aromatic heterocycles. The number of carbonyl (C=O) groups excluding carboxylic acids is 1. The van der Waals surface area contributed by atoms with Gasteiger partial charge in [-0.1, -0.05) is 26.0 Å². The van der Waals surface area contributed by atoms with E-state index in [1.54, 1.807) is 6.07 Å². The first-order chi connectivity index (χ1) is 13.2. The van der Waals surface area contributed by atoms with Crippen LogP contribution >= 0.6 is 0 Å². The lowest BCUT2D eigenvalue weighted by atomic mass is 10.1. The molecule has 9 heteroatoms. The first-order valence-electron chi connectivity index (χ1n) is 8.62. The number of rotatable bonds is 9. The molecule has 0 aliphatic rings. The predicted molar refractivity (Wildman–Crippen MR) is 102 cm³/mol. The standard InChI is InChI=1S/C19H23FN2O5S/c1-13(2)10-11-27-16-9-8-14(12-17(16)26-3)19(23)21-22-28(24,25)18-7-5-4-6-15(18)20/h4-9,12-13,22H,10-11H2,1-3H3,(H,21,23). The number of benzene rings is 2. The molecule has 0 radical (unpaired) electrons. The summed E-state index contributed by atoms with van der Waals surface area (Å²) in [5.74, 6) is -0.348. The molecule has 2 N–H and O–H groups in total. The van der Waals surface area contributed by atoms with E-state index in [1.165, 1.54) is 31.4 Å². The summed E-state index contributed by atoms with van der Waals surface area (Å²) in [6.07, 6.45) is 0.864. The fraction of sp³-hybridized carbons (Fsp3) is 0.316. The Balaban J connectivity index is 2.07. The average Bonchev–Trinajstić information content (AvgIpc) is 2.66. The molecule has 7 nitrogen and oxygen atoms in total. The van der Waals surface area contributed by atoms with Crippen molar-refractivity contribution in [2.24, 2.45) is 5.92 Å². The van der Waals surface area contributed by atoms with Crippen molar-refractivity contribution in [3.63, 3.8) is 0 Å². The van der Waals surface area contributed by atoms with Gasteiger partial charge in [-0.2, -0.15) is 0 Å². The molecule has 0 atom stereocenters. The van der Waals surface area contributed by atoms with Gasteiger partial charge in [-0.3, -0.25) is 10.2 Å². The highest BCUT2D eigenvalue weighted by Gasteiger charge is 2.20. The predicted octanol–water partition coefficient (Wildman–Crippen LogP) is 2.88. The molecule has 0 spiro atoms. The minimum Gasteiger partial charge on any atom is -0.493 e. The lowest BCUT2D eigenvalue weighted by molar-refractivity contribution is 0.0944. The highest BCUT2D eigenvalue weighted by molar-refractivity contribution is 7.89. The van der Waals surface area contributed by atoms with Crippen LogP contribution in [0.1, 0.15) is 30.6 Å². The number of nitrogens with one attached hydrogen (secondary N) is 2. The van der Waals surface area contributed by atoms with Gasteiger partial charge in [0, 0.05) is 5.56 Å². The van der Waals surface area contributed by atoms with E-state index < -0.39 is 26.6 Å². The third-order valence-corrected chi connectivity index (χ3v) is 5.08. The van der Waals surface area contributed by atoms with Crippen LogP contribution in [0.3, 0.4) is 0 Å². The van der Waals surface area contributed by atoms with Gasteiger partial charge in [0.15, 0.2) is 11.5 Å². The summed E-state index contributed by atoms with van der Waals surface area (Å²) < 4.78 is 48.8. The molecule has 0 saturated carbocycles. The average molecular weight is 410 g/mol. The molecule has 0 fully saturated rings. The topological polar surface area (TPSA) is 93.7 Å². The molecule has 2 aromatic rings. The molecule has 0 aliphatic carbocycles. The van der Waals surface area contributed by atoms with Crippen molar-refractivity contribution in [1.29, 1.82) is 0 Å². The molecule has 0 bridgehead atoms. The Bertz CT molecular complexity index is 932. The molecule has 0 unspecified atom stereocenters. The number of methoxy groups -OCH3 is 1.